The van der Waals surface area contributed by atoms with Gasteiger partial charge in [0.05, 0.1) is 6.61 Å². The van der Waals surface area contributed by atoms with Crippen LogP contribution in [-0.2, 0) is 6.61 Å². The van der Waals surface area contributed by atoms with Crippen molar-refractivity contribution in [3.63, 3.8) is 0 Å². The van der Waals surface area contributed by atoms with Crippen molar-refractivity contribution in [2.75, 3.05) is 6.54 Å². The molecular formula is C12H15NO. The first-order valence-corrected chi connectivity index (χ1v) is 4.98. The number of allylic oxidation sites excluding steroid dienone is 1. The molecule has 1 aliphatic heterocycles. The number of nitrogens with one attached hydrogen (secondary N) is 1. The molecule has 1 heterocycles. The van der Waals surface area contributed by atoms with Crippen molar-refractivity contribution in [3.8, 4) is 0 Å². The summed E-state index contributed by atoms with van der Waals surface area (Å²) in [5, 5.41) is 12.3. The van der Waals surface area contributed by atoms with Crippen LogP contribution in [0.25, 0.3) is 0 Å². The minimum Gasteiger partial charge on any atom is -0.392 e. The lowest BCUT2D eigenvalue weighted by Crippen LogP contribution is -2.19. The Kier molecular flexibility index (Phi) is 2.84. The van der Waals surface area contributed by atoms with Crippen LogP contribution in [0, 0.1) is 0 Å². The van der Waals surface area contributed by atoms with Gasteiger partial charge in [-0.25, -0.2) is 0 Å². The Balaban J connectivity index is 2.18. The fourth-order valence-electron chi connectivity index (χ4n) is 1.81. The number of benzene rings is 1. The molecule has 1 unspecified atom stereocenters. The monoisotopic (exact) mass is 189 g/mol. The summed E-state index contributed by atoms with van der Waals surface area (Å²) < 4.78 is 0. The third-order valence-corrected chi connectivity index (χ3v) is 2.63. The van der Waals surface area contributed by atoms with E-state index in [1.165, 1.54) is 5.56 Å². The summed E-state index contributed by atoms with van der Waals surface area (Å²) in [6.07, 6.45) is 5.24. The molecule has 2 nitrogen and oxygen atoms in total. The molecule has 1 aromatic rings. The van der Waals surface area contributed by atoms with Gasteiger partial charge in [-0.15, -0.1) is 0 Å². The van der Waals surface area contributed by atoms with Gasteiger partial charge in [0, 0.05) is 12.5 Å². The standard InChI is InChI=1S/C12H15NO/c14-9-10-3-1-4-11(7-10)12-5-2-6-13-8-12/h1-4,6-7,12-14H,5,8-9H2. The van der Waals surface area contributed by atoms with Crippen molar-refractivity contribution in [1.29, 1.82) is 0 Å². The number of aliphatic hydroxyl groups is 1. The molecule has 0 amide bonds. The van der Waals surface area contributed by atoms with E-state index in [-0.39, 0.29) is 6.61 Å². The lowest BCUT2D eigenvalue weighted by Gasteiger charge is -2.19. The molecule has 0 radical (unpaired) electrons. The summed E-state index contributed by atoms with van der Waals surface area (Å²) >= 11 is 0. The van der Waals surface area contributed by atoms with E-state index in [0.29, 0.717) is 5.92 Å². The van der Waals surface area contributed by atoms with Crippen molar-refractivity contribution in [2.45, 2.75) is 18.9 Å². The highest BCUT2D eigenvalue weighted by atomic mass is 16.3. The highest BCUT2D eigenvalue weighted by Gasteiger charge is 2.11. The van der Waals surface area contributed by atoms with E-state index < -0.39 is 0 Å². The Morgan fingerprint density at radius 3 is 3.07 bits per heavy atom. The van der Waals surface area contributed by atoms with Gasteiger partial charge in [0.15, 0.2) is 0 Å². The number of aliphatic hydroxyl groups excluding tert-OH is 1. The highest BCUT2D eigenvalue weighted by Crippen LogP contribution is 2.22. The predicted octanol–water partition coefficient (Wildman–Crippen LogP) is 1.77. The molecule has 1 aromatic carbocycles. The first-order chi connectivity index (χ1) is 6.90. The first kappa shape index (κ1) is 9.28. The molecule has 2 heteroatoms. The molecule has 0 fully saturated rings. The number of rotatable bonds is 2. The van der Waals surface area contributed by atoms with Gasteiger partial charge in [0.1, 0.15) is 0 Å². The average Bonchev–Trinajstić information content (AvgIpc) is 2.30. The maximum absolute atomic E-state index is 9.03. The van der Waals surface area contributed by atoms with Crippen LogP contribution in [0.5, 0.6) is 0 Å². The molecule has 14 heavy (non-hydrogen) atoms. The van der Waals surface area contributed by atoms with Crippen LogP contribution in [0.15, 0.2) is 36.5 Å². The van der Waals surface area contributed by atoms with E-state index in [1.807, 2.05) is 18.3 Å². The zero-order valence-corrected chi connectivity index (χ0v) is 8.11. The average molecular weight is 189 g/mol. The molecule has 74 valence electrons. The molecular weight excluding hydrogens is 174 g/mol. The molecule has 2 N–H and O–H groups in total. The molecule has 1 aliphatic rings. The topological polar surface area (TPSA) is 32.3 Å². The molecule has 0 aromatic heterocycles. The van der Waals surface area contributed by atoms with Crippen LogP contribution in [0.3, 0.4) is 0 Å². The van der Waals surface area contributed by atoms with Gasteiger partial charge in [0.25, 0.3) is 0 Å². The zero-order valence-electron chi connectivity index (χ0n) is 8.11. The molecule has 0 saturated carbocycles. The maximum atomic E-state index is 9.03. The van der Waals surface area contributed by atoms with E-state index >= 15 is 0 Å². The number of hydrogen-bond acceptors (Lipinski definition) is 2. The highest BCUT2D eigenvalue weighted by molar-refractivity contribution is 5.27. The maximum Gasteiger partial charge on any atom is 0.0681 e. The van der Waals surface area contributed by atoms with Gasteiger partial charge in [-0.05, 0) is 23.7 Å². The summed E-state index contributed by atoms with van der Waals surface area (Å²) in [4.78, 5) is 0. The van der Waals surface area contributed by atoms with Crippen LogP contribution in [0.4, 0.5) is 0 Å². The quantitative estimate of drug-likeness (QED) is 0.743. The second-order valence-electron chi connectivity index (χ2n) is 3.65. The Morgan fingerprint density at radius 1 is 1.43 bits per heavy atom. The molecule has 0 bridgehead atoms. The first-order valence-electron chi connectivity index (χ1n) is 4.98. The third-order valence-electron chi connectivity index (χ3n) is 2.63. The lowest BCUT2D eigenvalue weighted by atomic mass is 9.93. The molecule has 0 saturated heterocycles. The Hall–Kier alpha value is -1.28. The van der Waals surface area contributed by atoms with Gasteiger partial charge in [-0.2, -0.15) is 0 Å². The zero-order chi connectivity index (χ0) is 9.80. The second kappa shape index (κ2) is 4.29. The fraction of sp³-hybridized carbons (Fsp3) is 0.333. The predicted molar refractivity (Wildman–Crippen MR) is 56.9 cm³/mol. The van der Waals surface area contributed by atoms with Crippen molar-refractivity contribution in [3.05, 3.63) is 47.7 Å². The van der Waals surface area contributed by atoms with E-state index in [2.05, 4.69) is 23.5 Å². The second-order valence-corrected chi connectivity index (χ2v) is 3.65. The molecule has 2 rings (SSSR count). The summed E-state index contributed by atoms with van der Waals surface area (Å²) in [5.74, 6) is 0.548. The minimum atomic E-state index is 0.129. The normalized spacial score (nSPS) is 20.5. The van der Waals surface area contributed by atoms with Crippen LogP contribution in [0.1, 0.15) is 23.5 Å². The third kappa shape index (κ3) is 1.96. The molecule has 1 atom stereocenters. The van der Waals surface area contributed by atoms with E-state index in [1.54, 1.807) is 0 Å². The van der Waals surface area contributed by atoms with Crippen LogP contribution in [-0.4, -0.2) is 11.7 Å². The van der Waals surface area contributed by atoms with E-state index in [9.17, 15) is 0 Å². The fourth-order valence-corrected chi connectivity index (χ4v) is 1.81. The van der Waals surface area contributed by atoms with Crippen molar-refractivity contribution in [1.82, 2.24) is 5.32 Å². The Labute approximate surface area is 84.3 Å². The summed E-state index contributed by atoms with van der Waals surface area (Å²) in [7, 11) is 0. The summed E-state index contributed by atoms with van der Waals surface area (Å²) in [5.41, 5.74) is 2.31. The van der Waals surface area contributed by atoms with E-state index in [0.717, 1.165) is 18.5 Å². The largest absolute Gasteiger partial charge is 0.392 e. The molecule has 0 aliphatic carbocycles. The summed E-state index contributed by atoms with van der Waals surface area (Å²) in [6.45, 7) is 1.12. The van der Waals surface area contributed by atoms with Gasteiger partial charge < -0.3 is 10.4 Å². The van der Waals surface area contributed by atoms with Crippen LogP contribution >= 0.6 is 0 Å². The van der Waals surface area contributed by atoms with Gasteiger partial charge in [-0.3, -0.25) is 0 Å². The number of hydrogen-bond donors (Lipinski definition) is 2. The molecule has 0 spiro atoms. The Bertz CT molecular complexity index is 333. The van der Waals surface area contributed by atoms with Gasteiger partial charge in [-0.1, -0.05) is 30.3 Å². The van der Waals surface area contributed by atoms with Crippen molar-refractivity contribution >= 4 is 0 Å². The lowest BCUT2D eigenvalue weighted by molar-refractivity contribution is 0.281. The van der Waals surface area contributed by atoms with Crippen molar-refractivity contribution < 1.29 is 5.11 Å². The van der Waals surface area contributed by atoms with Gasteiger partial charge in [0.2, 0.25) is 0 Å². The summed E-state index contributed by atoms with van der Waals surface area (Å²) in [6, 6.07) is 8.19. The van der Waals surface area contributed by atoms with Crippen molar-refractivity contribution in [2.24, 2.45) is 0 Å². The SMILES string of the molecule is OCc1cccc(C2CC=CNC2)c1. The minimum absolute atomic E-state index is 0.129. The smallest absolute Gasteiger partial charge is 0.0681 e. The van der Waals surface area contributed by atoms with Crippen LogP contribution < -0.4 is 5.32 Å². The van der Waals surface area contributed by atoms with Crippen LogP contribution in [0.2, 0.25) is 0 Å². The Morgan fingerprint density at radius 2 is 2.36 bits per heavy atom. The van der Waals surface area contributed by atoms with E-state index in [4.69, 9.17) is 5.11 Å². The van der Waals surface area contributed by atoms with Gasteiger partial charge >= 0.3 is 0 Å².